The lowest BCUT2D eigenvalue weighted by atomic mass is 10.1. The van der Waals surface area contributed by atoms with Crippen LogP contribution in [0.25, 0.3) is 0 Å². The van der Waals surface area contributed by atoms with E-state index in [9.17, 15) is 18.0 Å². The predicted octanol–water partition coefficient (Wildman–Crippen LogP) is 1.29. The third-order valence-corrected chi connectivity index (χ3v) is 2.97. The maximum absolute atomic E-state index is 11.6. The summed E-state index contributed by atoms with van der Waals surface area (Å²) in [5, 5.41) is 0. The molecule has 19 heavy (non-hydrogen) atoms. The highest BCUT2D eigenvalue weighted by molar-refractivity contribution is 7.91. The highest BCUT2D eigenvalue weighted by Gasteiger charge is 2.17. The fraction of sp³-hybridized carbons (Fsp3) is 0.273. The molecule has 0 bridgehead atoms. The first-order chi connectivity index (χ1) is 8.85. The minimum atomic E-state index is -4.14. The number of benzene rings is 1. The second kappa shape index (κ2) is 6.19. The molecule has 0 unspecified atom stereocenters. The monoisotopic (exact) mass is 286 g/mol. The Kier molecular flexibility index (Phi) is 4.87. The van der Waals surface area contributed by atoms with Gasteiger partial charge in [-0.3, -0.25) is 9.52 Å². The van der Waals surface area contributed by atoms with Gasteiger partial charge in [-0.2, -0.15) is 8.42 Å². The maximum Gasteiger partial charge on any atom is 0.422 e. The fourth-order valence-electron chi connectivity index (χ4n) is 1.32. The van der Waals surface area contributed by atoms with Gasteiger partial charge in [0.1, 0.15) is 0 Å². The summed E-state index contributed by atoms with van der Waals surface area (Å²) in [5.41, 5.74) is 0.295. The van der Waals surface area contributed by atoms with E-state index in [2.05, 4.69) is 9.46 Å². The first kappa shape index (κ1) is 15.0. The van der Waals surface area contributed by atoms with Crippen LogP contribution in [0.2, 0.25) is 0 Å². The quantitative estimate of drug-likeness (QED) is 0.794. The number of hydrogen-bond acceptors (Lipinski definition) is 5. The number of ether oxygens (including phenoxy) is 1. The Hall–Kier alpha value is -2.09. The van der Waals surface area contributed by atoms with E-state index in [-0.39, 0.29) is 23.6 Å². The van der Waals surface area contributed by atoms with E-state index in [1.165, 1.54) is 19.1 Å². The average molecular weight is 286 g/mol. The van der Waals surface area contributed by atoms with Crippen molar-refractivity contribution >= 4 is 27.8 Å². The molecule has 0 radical (unpaired) electrons. The van der Waals surface area contributed by atoms with E-state index in [1.54, 1.807) is 23.8 Å². The van der Waals surface area contributed by atoms with Crippen molar-refractivity contribution in [2.24, 2.45) is 0 Å². The third-order valence-electron chi connectivity index (χ3n) is 2.04. The van der Waals surface area contributed by atoms with Gasteiger partial charge in [0.2, 0.25) is 0 Å². The van der Waals surface area contributed by atoms with Crippen molar-refractivity contribution in [2.75, 3.05) is 11.3 Å². The van der Waals surface area contributed by atoms with Crippen molar-refractivity contribution < 1.29 is 22.7 Å². The van der Waals surface area contributed by atoms with Crippen molar-refractivity contribution in [1.82, 2.24) is 4.72 Å². The molecule has 0 heterocycles. The van der Waals surface area contributed by atoms with Crippen LogP contribution in [-0.2, 0) is 14.9 Å². The Morgan fingerprint density at radius 1 is 1.26 bits per heavy atom. The summed E-state index contributed by atoms with van der Waals surface area (Å²) in [6.07, 6.45) is -1.09. The molecule has 0 saturated heterocycles. The first-order valence-corrected chi connectivity index (χ1v) is 6.91. The molecule has 0 fully saturated rings. The summed E-state index contributed by atoms with van der Waals surface area (Å²) >= 11 is 0. The first-order valence-electron chi connectivity index (χ1n) is 5.43. The number of hydrogen-bond donors (Lipinski definition) is 2. The van der Waals surface area contributed by atoms with Crippen LogP contribution in [0.4, 0.5) is 10.5 Å². The third kappa shape index (κ3) is 4.59. The van der Waals surface area contributed by atoms with Crippen LogP contribution < -0.4 is 9.44 Å². The Labute approximate surface area is 111 Å². The van der Waals surface area contributed by atoms with Crippen LogP contribution in [0.1, 0.15) is 24.2 Å². The van der Waals surface area contributed by atoms with Crippen molar-refractivity contribution in [1.29, 1.82) is 0 Å². The molecule has 2 N–H and O–H groups in total. The van der Waals surface area contributed by atoms with Crippen molar-refractivity contribution in [3.05, 3.63) is 29.8 Å². The molecule has 0 aliphatic rings. The second-order valence-electron chi connectivity index (χ2n) is 3.53. The second-order valence-corrected chi connectivity index (χ2v) is 4.94. The van der Waals surface area contributed by atoms with Crippen LogP contribution in [0, 0.1) is 0 Å². The van der Waals surface area contributed by atoms with Gasteiger partial charge in [-0.05, 0) is 26.0 Å². The van der Waals surface area contributed by atoms with E-state index in [4.69, 9.17) is 0 Å². The number of ketones is 1. The number of carbonyl (C=O) groups excluding carboxylic acids is 2. The lowest BCUT2D eigenvalue weighted by molar-refractivity contribution is 0.101. The van der Waals surface area contributed by atoms with Gasteiger partial charge in [-0.25, -0.2) is 9.52 Å². The van der Waals surface area contributed by atoms with Crippen molar-refractivity contribution in [2.45, 2.75) is 13.8 Å². The predicted molar refractivity (Wildman–Crippen MR) is 69.1 cm³/mol. The van der Waals surface area contributed by atoms with Crippen molar-refractivity contribution in [3.63, 3.8) is 0 Å². The summed E-state index contributed by atoms with van der Waals surface area (Å²) in [6, 6.07) is 6.06. The van der Waals surface area contributed by atoms with Crippen LogP contribution in [0.15, 0.2) is 24.3 Å². The number of nitrogens with one attached hydrogen (secondary N) is 2. The molecule has 0 saturated carbocycles. The molecule has 1 aromatic carbocycles. The van der Waals surface area contributed by atoms with E-state index in [1.807, 2.05) is 0 Å². The number of amides is 1. The van der Waals surface area contributed by atoms with Gasteiger partial charge in [0.05, 0.1) is 12.3 Å². The topological polar surface area (TPSA) is 102 Å². The van der Waals surface area contributed by atoms with E-state index < -0.39 is 16.3 Å². The largest absolute Gasteiger partial charge is 0.449 e. The maximum atomic E-state index is 11.6. The van der Waals surface area contributed by atoms with Crippen LogP contribution in [-0.4, -0.2) is 26.9 Å². The molecular formula is C11H14N2O5S. The van der Waals surface area contributed by atoms with E-state index >= 15 is 0 Å². The molecule has 1 rings (SSSR count). The summed E-state index contributed by atoms with van der Waals surface area (Å²) in [5.74, 6) is -0.297. The lowest BCUT2D eigenvalue weighted by Gasteiger charge is -2.11. The average Bonchev–Trinajstić information content (AvgIpc) is 2.28. The standard InChI is InChI=1S/C11H14N2O5S/c1-3-18-11(15)13-19(16,17)12-10-7-5-4-6-9(10)8(2)14/h4-7,12H,3H2,1-2H3,(H,13,15). The van der Waals surface area contributed by atoms with E-state index in [0.29, 0.717) is 0 Å². The Balaban J connectivity index is 2.90. The minimum absolute atomic E-state index is 0.0470. The Morgan fingerprint density at radius 2 is 1.89 bits per heavy atom. The molecule has 0 spiro atoms. The van der Waals surface area contributed by atoms with Gasteiger partial charge in [0.25, 0.3) is 0 Å². The molecule has 0 aliphatic heterocycles. The lowest BCUT2D eigenvalue weighted by Crippen LogP contribution is -2.36. The smallest absolute Gasteiger partial charge is 0.422 e. The number of carbonyl (C=O) groups is 2. The summed E-state index contributed by atoms with van der Waals surface area (Å²) in [6.45, 7) is 2.90. The molecule has 104 valence electrons. The van der Waals surface area contributed by atoms with Gasteiger partial charge in [0.15, 0.2) is 5.78 Å². The van der Waals surface area contributed by atoms with E-state index in [0.717, 1.165) is 0 Å². The molecule has 0 atom stereocenters. The molecule has 8 heteroatoms. The van der Waals surface area contributed by atoms with Gasteiger partial charge in [0, 0.05) is 5.56 Å². The van der Waals surface area contributed by atoms with Crippen LogP contribution >= 0.6 is 0 Å². The SMILES string of the molecule is CCOC(=O)NS(=O)(=O)Nc1ccccc1C(C)=O. The van der Waals surface area contributed by atoms with Crippen LogP contribution in [0.3, 0.4) is 0 Å². The zero-order valence-electron chi connectivity index (χ0n) is 10.5. The number of rotatable bonds is 5. The van der Waals surface area contributed by atoms with Crippen molar-refractivity contribution in [3.8, 4) is 0 Å². The highest BCUT2D eigenvalue weighted by atomic mass is 32.2. The number of Topliss-reactive ketones (excluding diaryl/α,β-unsaturated/α-hetero) is 1. The molecule has 1 amide bonds. The zero-order chi connectivity index (χ0) is 14.5. The van der Waals surface area contributed by atoms with Gasteiger partial charge < -0.3 is 4.74 Å². The van der Waals surface area contributed by atoms with Crippen LogP contribution in [0.5, 0.6) is 0 Å². The van der Waals surface area contributed by atoms with Gasteiger partial charge in [-0.1, -0.05) is 12.1 Å². The summed E-state index contributed by atoms with van der Waals surface area (Å²) in [7, 11) is -4.14. The van der Waals surface area contributed by atoms with Gasteiger partial charge in [-0.15, -0.1) is 0 Å². The molecule has 1 aromatic rings. The zero-order valence-corrected chi connectivity index (χ0v) is 11.3. The number of para-hydroxylation sites is 1. The minimum Gasteiger partial charge on any atom is -0.449 e. The molecule has 0 aromatic heterocycles. The molecule has 7 nitrogen and oxygen atoms in total. The Morgan fingerprint density at radius 3 is 2.47 bits per heavy atom. The van der Waals surface area contributed by atoms with Gasteiger partial charge >= 0.3 is 16.3 Å². The summed E-state index contributed by atoms with van der Waals surface area (Å²) in [4.78, 5) is 22.4. The molecule has 0 aliphatic carbocycles. The Bertz CT molecular complexity index is 583. The fourth-order valence-corrected chi connectivity index (χ4v) is 2.12. The number of anilines is 1. The summed E-state index contributed by atoms with van der Waals surface area (Å²) < 4.78 is 31.5. The normalized spacial score (nSPS) is 10.6. The highest BCUT2D eigenvalue weighted by Crippen LogP contribution is 2.16. The molecular weight excluding hydrogens is 272 g/mol.